The Morgan fingerprint density at radius 1 is 1.09 bits per heavy atom. The fraction of sp³-hybridized carbons (Fsp3) is 0.208. The maximum absolute atomic E-state index is 12.8. The second kappa shape index (κ2) is 9.38. The van der Waals surface area contributed by atoms with Gasteiger partial charge >= 0.3 is 0 Å². The Labute approximate surface area is 185 Å². The summed E-state index contributed by atoms with van der Waals surface area (Å²) < 4.78 is 12.4. The van der Waals surface area contributed by atoms with Crippen molar-refractivity contribution in [2.45, 2.75) is 26.4 Å². The van der Waals surface area contributed by atoms with Crippen LogP contribution in [0.3, 0.4) is 0 Å². The minimum Gasteiger partial charge on any atom is -0.494 e. The summed E-state index contributed by atoms with van der Waals surface area (Å²) in [5, 5.41) is 5.78. The van der Waals surface area contributed by atoms with Crippen molar-refractivity contribution in [1.82, 2.24) is 14.9 Å². The van der Waals surface area contributed by atoms with Crippen LogP contribution in [-0.2, 0) is 11.3 Å². The van der Waals surface area contributed by atoms with Crippen molar-refractivity contribution in [3.63, 3.8) is 0 Å². The molecular formula is C24H24N4O4. The molecule has 2 heterocycles. The molecule has 0 bridgehead atoms. The van der Waals surface area contributed by atoms with Gasteiger partial charge in [0.2, 0.25) is 5.91 Å². The molecule has 2 aromatic heterocycles. The first-order valence-corrected chi connectivity index (χ1v) is 10.4. The van der Waals surface area contributed by atoms with E-state index in [1.807, 2.05) is 54.8 Å². The van der Waals surface area contributed by atoms with E-state index in [0.717, 1.165) is 16.8 Å². The number of hydrogen-bond donors (Lipinski definition) is 2. The summed E-state index contributed by atoms with van der Waals surface area (Å²) in [4.78, 5) is 29.9. The molecule has 0 aliphatic rings. The molecule has 0 saturated heterocycles. The summed E-state index contributed by atoms with van der Waals surface area (Å²) >= 11 is 0. The van der Waals surface area contributed by atoms with Gasteiger partial charge in [0, 0.05) is 5.69 Å². The standard InChI is InChI=1S/C24H24N4O4/c1-3-31-18-12-10-17(11-13-18)26-22(29)15-28-20-8-5-4-7-19(20)27-23(28)16(2)25-24(30)21-9-6-14-32-21/h4-14,16H,3,15H2,1-2H3,(H,25,30)(H,26,29). The highest BCUT2D eigenvalue weighted by Crippen LogP contribution is 2.22. The molecule has 4 aromatic rings. The largest absolute Gasteiger partial charge is 0.494 e. The van der Waals surface area contributed by atoms with E-state index < -0.39 is 6.04 Å². The van der Waals surface area contributed by atoms with Crippen LogP contribution in [-0.4, -0.2) is 28.0 Å². The Kier molecular flexibility index (Phi) is 6.21. The molecule has 0 spiro atoms. The zero-order valence-corrected chi connectivity index (χ0v) is 17.9. The number of aromatic nitrogens is 2. The summed E-state index contributed by atoms with van der Waals surface area (Å²) in [6.07, 6.45) is 1.44. The molecule has 164 valence electrons. The number of anilines is 1. The molecule has 0 radical (unpaired) electrons. The molecule has 2 amide bonds. The third-order valence-electron chi connectivity index (χ3n) is 4.91. The number of fused-ring (bicyclic) bond motifs is 1. The molecule has 32 heavy (non-hydrogen) atoms. The van der Waals surface area contributed by atoms with Crippen LogP contribution in [0.25, 0.3) is 11.0 Å². The SMILES string of the molecule is CCOc1ccc(NC(=O)Cn2c(C(C)NC(=O)c3ccco3)nc3ccccc32)cc1. The van der Waals surface area contributed by atoms with Crippen LogP contribution in [0.15, 0.2) is 71.3 Å². The number of hydrogen-bond acceptors (Lipinski definition) is 5. The molecule has 0 aliphatic heterocycles. The Morgan fingerprint density at radius 3 is 2.59 bits per heavy atom. The van der Waals surface area contributed by atoms with E-state index in [9.17, 15) is 9.59 Å². The van der Waals surface area contributed by atoms with Crippen molar-refractivity contribution in [3.05, 3.63) is 78.5 Å². The van der Waals surface area contributed by atoms with Crippen molar-refractivity contribution in [2.24, 2.45) is 0 Å². The zero-order chi connectivity index (χ0) is 22.5. The van der Waals surface area contributed by atoms with E-state index in [0.29, 0.717) is 18.1 Å². The number of furan rings is 1. The van der Waals surface area contributed by atoms with E-state index in [1.165, 1.54) is 6.26 Å². The minimum absolute atomic E-state index is 0.0457. The second-order valence-corrected chi connectivity index (χ2v) is 7.22. The third kappa shape index (κ3) is 4.64. The van der Waals surface area contributed by atoms with Gasteiger partial charge in [-0.3, -0.25) is 9.59 Å². The number of imidazole rings is 1. The van der Waals surface area contributed by atoms with Crippen LogP contribution in [0.2, 0.25) is 0 Å². The number of nitrogens with zero attached hydrogens (tertiary/aromatic N) is 2. The van der Waals surface area contributed by atoms with Gasteiger partial charge in [0.1, 0.15) is 18.1 Å². The predicted octanol–water partition coefficient (Wildman–Crippen LogP) is 4.16. The Morgan fingerprint density at radius 2 is 1.88 bits per heavy atom. The lowest BCUT2D eigenvalue weighted by Crippen LogP contribution is -2.29. The molecule has 0 fully saturated rings. The van der Waals surface area contributed by atoms with Crippen LogP contribution in [0.5, 0.6) is 5.75 Å². The van der Waals surface area contributed by atoms with Crippen molar-refractivity contribution >= 4 is 28.5 Å². The maximum Gasteiger partial charge on any atom is 0.287 e. The predicted molar refractivity (Wildman–Crippen MR) is 121 cm³/mol. The van der Waals surface area contributed by atoms with E-state index in [-0.39, 0.29) is 24.1 Å². The first kappa shape index (κ1) is 21.2. The van der Waals surface area contributed by atoms with Gasteiger partial charge in [-0.15, -0.1) is 0 Å². The summed E-state index contributed by atoms with van der Waals surface area (Å²) in [5.41, 5.74) is 2.22. The zero-order valence-electron chi connectivity index (χ0n) is 17.9. The number of rotatable bonds is 8. The van der Waals surface area contributed by atoms with Gasteiger partial charge in [0.05, 0.1) is 29.9 Å². The Bertz CT molecular complexity index is 1210. The first-order valence-electron chi connectivity index (χ1n) is 10.4. The topological polar surface area (TPSA) is 98.4 Å². The quantitative estimate of drug-likeness (QED) is 0.436. The Balaban J connectivity index is 1.54. The van der Waals surface area contributed by atoms with Crippen LogP contribution in [0.1, 0.15) is 36.3 Å². The van der Waals surface area contributed by atoms with Gasteiger partial charge in [0.15, 0.2) is 5.76 Å². The van der Waals surface area contributed by atoms with Gasteiger partial charge in [-0.2, -0.15) is 0 Å². The minimum atomic E-state index is -0.446. The van der Waals surface area contributed by atoms with E-state index in [1.54, 1.807) is 24.3 Å². The third-order valence-corrected chi connectivity index (χ3v) is 4.91. The number of para-hydroxylation sites is 2. The normalized spacial score (nSPS) is 11.8. The molecule has 8 heteroatoms. The lowest BCUT2D eigenvalue weighted by atomic mass is 10.2. The highest BCUT2D eigenvalue weighted by molar-refractivity contribution is 5.92. The first-order chi connectivity index (χ1) is 15.5. The van der Waals surface area contributed by atoms with Crippen LogP contribution < -0.4 is 15.4 Å². The van der Waals surface area contributed by atoms with Crippen molar-refractivity contribution in [2.75, 3.05) is 11.9 Å². The Hall–Kier alpha value is -4.07. The average molecular weight is 432 g/mol. The van der Waals surface area contributed by atoms with Crippen LogP contribution in [0, 0.1) is 0 Å². The monoisotopic (exact) mass is 432 g/mol. The smallest absolute Gasteiger partial charge is 0.287 e. The summed E-state index contributed by atoms with van der Waals surface area (Å²) in [7, 11) is 0. The fourth-order valence-electron chi connectivity index (χ4n) is 3.48. The fourth-order valence-corrected chi connectivity index (χ4v) is 3.48. The number of ether oxygens (including phenoxy) is 1. The number of benzene rings is 2. The molecule has 4 rings (SSSR count). The van der Waals surface area contributed by atoms with Gasteiger partial charge < -0.3 is 24.4 Å². The maximum atomic E-state index is 12.8. The number of nitrogens with one attached hydrogen (secondary N) is 2. The van der Waals surface area contributed by atoms with E-state index >= 15 is 0 Å². The van der Waals surface area contributed by atoms with Gasteiger partial charge in [0.25, 0.3) is 5.91 Å². The van der Waals surface area contributed by atoms with Crippen molar-refractivity contribution < 1.29 is 18.7 Å². The molecule has 2 aromatic carbocycles. The molecule has 0 aliphatic carbocycles. The highest BCUT2D eigenvalue weighted by atomic mass is 16.5. The molecule has 1 atom stereocenters. The van der Waals surface area contributed by atoms with E-state index in [2.05, 4.69) is 15.6 Å². The number of carbonyl (C=O) groups is 2. The molecular weight excluding hydrogens is 408 g/mol. The molecule has 1 unspecified atom stereocenters. The highest BCUT2D eigenvalue weighted by Gasteiger charge is 2.21. The van der Waals surface area contributed by atoms with Crippen LogP contribution >= 0.6 is 0 Å². The lowest BCUT2D eigenvalue weighted by molar-refractivity contribution is -0.116. The number of carbonyl (C=O) groups excluding carboxylic acids is 2. The van der Waals surface area contributed by atoms with Gasteiger partial charge in [-0.25, -0.2) is 4.98 Å². The summed E-state index contributed by atoms with van der Waals surface area (Å²) in [6, 6.07) is 17.6. The average Bonchev–Trinajstić information content (AvgIpc) is 3.44. The van der Waals surface area contributed by atoms with Gasteiger partial charge in [-0.05, 0) is 62.4 Å². The second-order valence-electron chi connectivity index (χ2n) is 7.22. The lowest BCUT2D eigenvalue weighted by Gasteiger charge is -2.16. The molecule has 0 saturated carbocycles. The summed E-state index contributed by atoms with van der Waals surface area (Å²) in [6.45, 7) is 4.37. The molecule has 8 nitrogen and oxygen atoms in total. The van der Waals surface area contributed by atoms with E-state index in [4.69, 9.17) is 9.15 Å². The van der Waals surface area contributed by atoms with Crippen LogP contribution in [0.4, 0.5) is 5.69 Å². The summed E-state index contributed by atoms with van der Waals surface area (Å²) in [5.74, 6) is 0.985. The van der Waals surface area contributed by atoms with Crippen molar-refractivity contribution in [3.8, 4) is 5.75 Å². The number of amides is 2. The molecule has 2 N–H and O–H groups in total. The van der Waals surface area contributed by atoms with Gasteiger partial charge in [-0.1, -0.05) is 12.1 Å². The van der Waals surface area contributed by atoms with Crippen molar-refractivity contribution in [1.29, 1.82) is 0 Å².